The van der Waals surface area contributed by atoms with Gasteiger partial charge in [0.1, 0.15) is 5.84 Å². The predicted molar refractivity (Wildman–Crippen MR) is 57.8 cm³/mol. The summed E-state index contributed by atoms with van der Waals surface area (Å²) in [7, 11) is 0. The van der Waals surface area contributed by atoms with Gasteiger partial charge in [-0.05, 0) is 26.3 Å². The molecule has 2 heterocycles. The number of hydrogen-bond donors (Lipinski definition) is 0. The molecule has 0 amide bonds. The van der Waals surface area contributed by atoms with E-state index in [9.17, 15) is 0 Å². The third-order valence-electron chi connectivity index (χ3n) is 4.01. The van der Waals surface area contributed by atoms with Gasteiger partial charge in [-0.15, -0.1) is 0 Å². The van der Waals surface area contributed by atoms with Gasteiger partial charge in [0.2, 0.25) is 0 Å². The summed E-state index contributed by atoms with van der Waals surface area (Å²) in [6.45, 7) is 6.63. The average Bonchev–Trinajstić information content (AvgIpc) is 2.54. The standard InChI is InChI=1S/C12H14N2/c1-9-13-8-10-4-5-11(2)6-7-14(9)12(10,11)3/h4-8H,1-3H3. The highest BCUT2D eigenvalue weighted by Crippen LogP contribution is 2.54. The van der Waals surface area contributed by atoms with Gasteiger partial charge >= 0.3 is 0 Å². The van der Waals surface area contributed by atoms with E-state index in [1.165, 1.54) is 5.57 Å². The molecule has 0 bridgehead atoms. The molecule has 3 rings (SSSR count). The van der Waals surface area contributed by atoms with Crippen LogP contribution in [-0.2, 0) is 0 Å². The highest BCUT2D eigenvalue weighted by molar-refractivity contribution is 5.86. The Morgan fingerprint density at radius 1 is 1.29 bits per heavy atom. The monoisotopic (exact) mass is 186 g/mol. The molecule has 2 atom stereocenters. The van der Waals surface area contributed by atoms with Crippen molar-refractivity contribution in [3.05, 3.63) is 36.2 Å². The van der Waals surface area contributed by atoms with Gasteiger partial charge in [0.05, 0.1) is 5.54 Å². The molecule has 1 aliphatic carbocycles. The van der Waals surface area contributed by atoms with Crippen molar-refractivity contribution >= 4 is 5.84 Å². The molecule has 2 unspecified atom stereocenters. The Balaban J connectivity index is 2.28. The van der Waals surface area contributed by atoms with Crippen LogP contribution in [-0.4, -0.2) is 16.3 Å². The van der Waals surface area contributed by atoms with Gasteiger partial charge in [-0.2, -0.15) is 0 Å². The van der Waals surface area contributed by atoms with E-state index in [-0.39, 0.29) is 11.0 Å². The van der Waals surface area contributed by atoms with Crippen molar-refractivity contribution in [3.63, 3.8) is 0 Å². The number of rotatable bonds is 0. The maximum Gasteiger partial charge on any atom is 0.106 e. The summed E-state index contributed by atoms with van der Waals surface area (Å²) in [5.41, 5.74) is 1.52. The van der Waals surface area contributed by atoms with Crippen molar-refractivity contribution < 1.29 is 0 Å². The maximum atomic E-state index is 4.41. The molecule has 0 spiro atoms. The summed E-state index contributed by atoms with van der Waals surface area (Å²) >= 11 is 0. The van der Waals surface area contributed by atoms with Crippen molar-refractivity contribution in [1.82, 2.24) is 4.90 Å². The summed E-state index contributed by atoms with van der Waals surface area (Å²) in [5.74, 6) is 1.08. The lowest BCUT2D eigenvalue weighted by molar-refractivity contribution is 0.229. The predicted octanol–water partition coefficient (Wildman–Crippen LogP) is 2.47. The lowest BCUT2D eigenvalue weighted by atomic mass is 9.74. The molecular weight excluding hydrogens is 172 g/mol. The molecule has 2 aliphatic heterocycles. The quantitative estimate of drug-likeness (QED) is 0.567. The highest BCUT2D eigenvalue weighted by atomic mass is 15.3. The Labute approximate surface area is 84.3 Å². The summed E-state index contributed by atoms with van der Waals surface area (Å²) < 4.78 is 0. The maximum absolute atomic E-state index is 4.41. The normalized spacial score (nSPS) is 42.6. The molecule has 72 valence electrons. The molecule has 2 nitrogen and oxygen atoms in total. The van der Waals surface area contributed by atoms with Crippen molar-refractivity contribution in [2.75, 3.05) is 0 Å². The van der Waals surface area contributed by atoms with Gasteiger partial charge in [0.15, 0.2) is 0 Å². The lowest BCUT2D eigenvalue weighted by Gasteiger charge is -2.44. The van der Waals surface area contributed by atoms with Crippen molar-refractivity contribution in [2.24, 2.45) is 10.4 Å². The van der Waals surface area contributed by atoms with Crippen LogP contribution in [0.25, 0.3) is 0 Å². The van der Waals surface area contributed by atoms with Crippen LogP contribution in [0.15, 0.2) is 41.2 Å². The first-order valence-corrected chi connectivity index (χ1v) is 5.01. The van der Waals surface area contributed by atoms with Gasteiger partial charge < -0.3 is 4.90 Å². The van der Waals surface area contributed by atoms with Crippen LogP contribution in [0, 0.1) is 5.41 Å². The topological polar surface area (TPSA) is 15.6 Å². The molecule has 0 radical (unpaired) electrons. The average molecular weight is 186 g/mol. The largest absolute Gasteiger partial charge is 0.326 e. The van der Waals surface area contributed by atoms with Crippen LogP contribution in [0.3, 0.4) is 0 Å². The smallest absolute Gasteiger partial charge is 0.106 e. The van der Waals surface area contributed by atoms with Crippen LogP contribution in [0.5, 0.6) is 0 Å². The molecule has 14 heavy (non-hydrogen) atoms. The van der Waals surface area contributed by atoms with Gasteiger partial charge in [0.25, 0.3) is 0 Å². The van der Waals surface area contributed by atoms with Gasteiger partial charge in [-0.25, -0.2) is 4.99 Å². The Bertz CT molecular complexity index is 428. The van der Waals surface area contributed by atoms with Crippen LogP contribution < -0.4 is 0 Å². The Hall–Kier alpha value is -1.31. The van der Waals surface area contributed by atoms with E-state index in [0.29, 0.717) is 0 Å². The summed E-state index contributed by atoms with van der Waals surface area (Å²) in [5, 5.41) is 0. The van der Waals surface area contributed by atoms with E-state index in [1.54, 1.807) is 0 Å². The van der Waals surface area contributed by atoms with Gasteiger partial charge in [0, 0.05) is 17.8 Å². The van der Waals surface area contributed by atoms with Crippen molar-refractivity contribution in [2.45, 2.75) is 26.3 Å². The van der Waals surface area contributed by atoms with E-state index in [4.69, 9.17) is 0 Å². The third-order valence-corrected chi connectivity index (χ3v) is 4.01. The number of nitrogens with zero attached hydrogens (tertiary/aromatic N) is 2. The van der Waals surface area contributed by atoms with Crippen LogP contribution in [0.2, 0.25) is 0 Å². The Morgan fingerprint density at radius 2 is 2.07 bits per heavy atom. The summed E-state index contributed by atoms with van der Waals surface area (Å²) in [6, 6.07) is 0. The number of hydrogen-bond acceptors (Lipinski definition) is 2. The minimum absolute atomic E-state index is 0.0683. The van der Waals surface area contributed by atoms with Crippen LogP contribution >= 0.6 is 0 Å². The Kier molecular flexibility index (Phi) is 1.16. The van der Waals surface area contributed by atoms with E-state index >= 15 is 0 Å². The molecule has 3 aliphatic rings. The first-order chi connectivity index (χ1) is 6.58. The second kappa shape index (κ2) is 2.02. The molecule has 2 heteroatoms. The van der Waals surface area contributed by atoms with Crippen molar-refractivity contribution in [3.8, 4) is 0 Å². The van der Waals surface area contributed by atoms with E-state index < -0.39 is 0 Å². The fourth-order valence-corrected chi connectivity index (χ4v) is 2.72. The van der Waals surface area contributed by atoms with Gasteiger partial charge in [-0.1, -0.05) is 18.2 Å². The molecule has 0 saturated carbocycles. The first-order valence-electron chi connectivity index (χ1n) is 5.01. The molecule has 0 aromatic heterocycles. The number of aliphatic imine (C=N–C) groups is 1. The zero-order valence-corrected chi connectivity index (χ0v) is 8.78. The molecule has 0 saturated heterocycles. The fourth-order valence-electron chi connectivity index (χ4n) is 2.72. The van der Waals surface area contributed by atoms with E-state index in [0.717, 1.165) is 5.84 Å². The second-order valence-corrected chi connectivity index (χ2v) is 4.63. The Morgan fingerprint density at radius 3 is 2.86 bits per heavy atom. The number of amidine groups is 1. The molecule has 0 fully saturated rings. The summed E-state index contributed by atoms with van der Waals surface area (Å²) in [6.07, 6.45) is 10.9. The van der Waals surface area contributed by atoms with Gasteiger partial charge in [-0.3, -0.25) is 0 Å². The SMILES string of the molecule is CC1=NC=C2C=CC3(C)C=CN1C23C. The molecule has 0 aromatic carbocycles. The molecular formula is C12H14N2. The molecule has 0 N–H and O–H groups in total. The van der Waals surface area contributed by atoms with E-state index in [1.807, 2.05) is 6.20 Å². The second-order valence-electron chi connectivity index (χ2n) is 4.63. The minimum Gasteiger partial charge on any atom is -0.326 e. The zero-order valence-electron chi connectivity index (χ0n) is 8.78. The highest BCUT2D eigenvalue weighted by Gasteiger charge is 2.55. The minimum atomic E-state index is 0.0683. The van der Waals surface area contributed by atoms with Crippen molar-refractivity contribution in [1.29, 1.82) is 0 Å². The van der Waals surface area contributed by atoms with Crippen LogP contribution in [0.4, 0.5) is 0 Å². The fraction of sp³-hybridized carbons (Fsp3) is 0.417. The lowest BCUT2D eigenvalue weighted by Crippen LogP contribution is -2.51. The first kappa shape index (κ1) is 8.04. The third kappa shape index (κ3) is 0.606. The van der Waals surface area contributed by atoms with E-state index in [2.05, 4.69) is 55.1 Å². The summed E-state index contributed by atoms with van der Waals surface area (Å²) in [4.78, 5) is 6.69. The molecule has 0 aromatic rings. The van der Waals surface area contributed by atoms with Crippen LogP contribution in [0.1, 0.15) is 20.8 Å². The zero-order chi connectivity index (χ0) is 9.97.